The molecule has 0 aliphatic rings. The molecule has 3 heteroatoms. The Hall–Kier alpha value is -5.80. The van der Waals surface area contributed by atoms with Gasteiger partial charge in [-0.15, -0.1) is 0 Å². The third-order valence-electron chi connectivity index (χ3n) is 9.06. The van der Waals surface area contributed by atoms with Crippen molar-refractivity contribution in [2.75, 3.05) is 4.90 Å². The maximum atomic E-state index is 2.48. The van der Waals surface area contributed by atoms with Crippen LogP contribution in [0, 0.1) is 0 Å². The van der Waals surface area contributed by atoms with Gasteiger partial charge in [0, 0.05) is 51.2 Å². The van der Waals surface area contributed by atoms with Crippen molar-refractivity contribution in [1.29, 1.82) is 0 Å². The van der Waals surface area contributed by atoms with Crippen molar-refractivity contribution in [2.45, 2.75) is 0 Å². The molecule has 7 aromatic carbocycles. The van der Waals surface area contributed by atoms with Crippen LogP contribution >= 0.6 is 0 Å². The van der Waals surface area contributed by atoms with Gasteiger partial charge in [-0.2, -0.15) is 0 Å². The van der Waals surface area contributed by atoms with Crippen molar-refractivity contribution < 1.29 is 0 Å². The maximum Gasteiger partial charge on any atom is 0.0735 e. The highest BCUT2D eigenvalue weighted by atomic mass is 15.1. The molecular formula is C41H29N3. The number of hydrogen-bond donors (Lipinski definition) is 0. The molecule has 2 heterocycles. The number of rotatable bonds is 4. The van der Waals surface area contributed by atoms with Crippen molar-refractivity contribution in [3.05, 3.63) is 158 Å². The molecule has 0 amide bonds. The molecule has 0 aliphatic carbocycles. The number of aromatic nitrogens is 2. The molecule has 0 unspecified atom stereocenters. The fourth-order valence-electron chi connectivity index (χ4n) is 7.18. The summed E-state index contributed by atoms with van der Waals surface area (Å²) in [6.07, 6.45) is 0. The molecule has 0 spiro atoms. The first-order chi connectivity index (χ1) is 21.8. The first kappa shape index (κ1) is 24.8. The fourth-order valence-corrected chi connectivity index (χ4v) is 7.18. The van der Waals surface area contributed by atoms with E-state index in [0.717, 1.165) is 22.7 Å². The Morgan fingerprint density at radius 2 is 1.02 bits per heavy atom. The van der Waals surface area contributed by atoms with E-state index in [-0.39, 0.29) is 0 Å². The quantitative estimate of drug-likeness (QED) is 0.208. The topological polar surface area (TPSA) is 13.1 Å². The first-order valence-corrected chi connectivity index (χ1v) is 15.1. The van der Waals surface area contributed by atoms with Gasteiger partial charge < -0.3 is 14.0 Å². The zero-order chi connectivity index (χ0) is 29.2. The minimum Gasteiger partial charge on any atom is -0.342 e. The summed E-state index contributed by atoms with van der Waals surface area (Å²) in [6, 6.07) is 57.0. The normalized spacial score (nSPS) is 11.8. The van der Waals surface area contributed by atoms with Gasteiger partial charge in [0.15, 0.2) is 0 Å². The predicted octanol–water partition coefficient (Wildman–Crippen LogP) is 11.1. The Balaban J connectivity index is 1.47. The Morgan fingerprint density at radius 1 is 0.432 bits per heavy atom. The van der Waals surface area contributed by atoms with Crippen LogP contribution in [0.15, 0.2) is 158 Å². The maximum absolute atomic E-state index is 2.48. The molecule has 0 radical (unpaired) electrons. The molecule has 208 valence electrons. The zero-order valence-corrected chi connectivity index (χ0v) is 24.4. The van der Waals surface area contributed by atoms with Gasteiger partial charge in [-0.25, -0.2) is 0 Å². The summed E-state index contributed by atoms with van der Waals surface area (Å²) in [5.41, 5.74) is 9.37. The first-order valence-electron chi connectivity index (χ1n) is 15.1. The molecule has 0 fully saturated rings. The van der Waals surface area contributed by atoms with E-state index in [1.54, 1.807) is 0 Å². The van der Waals surface area contributed by atoms with E-state index in [0.29, 0.717) is 0 Å². The van der Waals surface area contributed by atoms with Crippen LogP contribution in [0.4, 0.5) is 17.1 Å². The number of aryl methyl sites for hydroxylation is 1. The highest BCUT2D eigenvalue weighted by molar-refractivity contribution is 6.22. The van der Waals surface area contributed by atoms with Gasteiger partial charge in [-0.05, 0) is 65.4 Å². The number of fused-ring (bicyclic) bond motifs is 8. The smallest absolute Gasteiger partial charge is 0.0735 e. The summed E-state index contributed by atoms with van der Waals surface area (Å²) in [6.45, 7) is 0. The van der Waals surface area contributed by atoms with Gasteiger partial charge in [0.1, 0.15) is 0 Å². The van der Waals surface area contributed by atoms with Crippen molar-refractivity contribution in [3.63, 3.8) is 0 Å². The lowest BCUT2D eigenvalue weighted by Crippen LogP contribution is -2.11. The Bertz CT molecular complexity index is 2460. The van der Waals surface area contributed by atoms with E-state index >= 15 is 0 Å². The van der Waals surface area contributed by atoms with E-state index in [2.05, 4.69) is 179 Å². The van der Waals surface area contributed by atoms with Crippen LogP contribution in [-0.2, 0) is 7.05 Å². The van der Waals surface area contributed by atoms with Crippen molar-refractivity contribution in [1.82, 2.24) is 9.13 Å². The van der Waals surface area contributed by atoms with Gasteiger partial charge >= 0.3 is 0 Å². The average molecular weight is 564 g/mol. The Morgan fingerprint density at radius 3 is 1.75 bits per heavy atom. The SMILES string of the molecule is Cn1c2ccccc2c2cc(N(c3ccccc3)c3ccccc3)cc(-n3c4ccccc4c4c5ccccc5ccc43)c21. The summed E-state index contributed by atoms with van der Waals surface area (Å²) in [5.74, 6) is 0. The van der Waals surface area contributed by atoms with Gasteiger partial charge in [-0.1, -0.05) is 103 Å². The minimum atomic E-state index is 1.12. The number of para-hydroxylation sites is 4. The molecule has 0 saturated carbocycles. The summed E-state index contributed by atoms with van der Waals surface area (Å²) < 4.78 is 4.84. The second-order valence-corrected chi connectivity index (χ2v) is 11.5. The lowest BCUT2D eigenvalue weighted by atomic mass is 10.0. The summed E-state index contributed by atoms with van der Waals surface area (Å²) in [5, 5.41) is 7.57. The lowest BCUT2D eigenvalue weighted by molar-refractivity contribution is 1.00. The van der Waals surface area contributed by atoms with E-state index in [1.807, 2.05) is 0 Å². The molecule has 0 atom stereocenters. The van der Waals surface area contributed by atoms with Crippen LogP contribution < -0.4 is 4.90 Å². The standard InChI is InChI=1S/C41H29N3/c1-42-36-22-12-10-20-33(36)35-26-31(43(29-15-4-2-5-16-29)30-17-6-3-7-18-30)27-39(41(35)42)44-37-23-13-11-21-34(37)40-32-19-9-8-14-28(32)24-25-38(40)44/h2-27H,1H3. The molecule has 9 aromatic rings. The van der Waals surface area contributed by atoms with Crippen LogP contribution in [-0.4, -0.2) is 9.13 Å². The zero-order valence-electron chi connectivity index (χ0n) is 24.4. The van der Waals surface area contributed by atoms with Crippen LogP contribution in [0.2, 0.25) is 0 Å². The van der Waals surface area contributed by atoms with Gasteiger partial charge in [0.25, 0.3) is 0 Å². The monoisotopic (exact) mass is 563 g/mol. The molecular weight excluding hydrogens is 534 g/mol. The highest BCUT2D eigenvalue weighted by Crippen LogP contribution is 2.44. The average Bonchev–Trinajstić information content (AvgIpc) is 3.58. The third-order valence-corrected chi connectivity index (χ3v) is 9.06. The molecule has 0 bridgehead atoms. The molecule has 0 N–H and O–H groups in total. The molecule has 44 heavy (non-hydrogen) atoms. The Labute approximate surface area is 255 Å². The van der Waals surface area contributed by atoms with E-state index in [1.165, 1.54) is 54.4 Å². The molecule has 0 aliphatic heterocycles. The molecule has 9 rings (SSSR count). The van der Waals surface area contributed by atoms with Crippen LogP contribution in [0.1, 0.15) is 0 Å². The summed E-state index contributed by atoms with van der Waals surface area (Å²) >= 11 is 0. The second-order valence-electron chi connectivity index (χ2n) is 11.5. The molecule has 2 aromatic heterocycles. The lowest BCUT2D eigenvalue weighted by Gasteiger charge is -2.26. The Kier molecular flexibility index (Phi) is 5.41. The van der Waals surface area contributed by atoms with Crippen molar-refractivity contribution >= 4 is 71.4 Å². The predicted molar refractivity (Wildman–Crippen MR) is 187 cm³/mol. The van der Waals surface area contributed by atoms with Crippen LogP contribution in [0.5, 0.6) is 0 Å². The fraction of sp³-hybridized carbons (Fsp3) is 0.0244. The molecule has 0 saturated heterocycles. The number of benzene rings is 7. The largest absolute Gasteiger partial charge is 0.342 e. The van der Waals surface area contributed by atoms with Gasteiger partial charge in [0.05, 0.1) is 22.2 Å². The van der Waals surface area contributed by atoms with Gasteiger partial charge in [0.2, 0.25) is 0 Å². The number of nitrogens with zero attached hydrogens (tertiary/aromatic N) is 3. The van der Waals surface area contributed by atoms with Crippen LogP contribution in [0.3, 0.4) is 0 Å². The molecule has 3 nitrogen and oxygen atoms in total. The number of hydrogen-bond acceptors (Lipinski definition) is 1. The number of anilines is 3. The summed E-state index contributed by atoms with van der Waals surface area (Å²) in [7, 11) is 2.20. The van der Waals surface area contributed by atoms with Gasteiger partial charge in [-0.3, -0.25) is 0 Å². The van der Waals surface area contributed by atoms with E-state index < -0.39 is 0 Å². The van der Waals surface area contributed by atoms with Crippen LogP contribution in [0.25, 0.3) is 60.1 Å². The third kappa shape index (κ3) is 3.56. The summed E-state index contributed by atoms with van der Waals surface area (Å²) in [4.78, 5) is 2.37. The van der Waals surface area contributed by atoms with Crippen molar-refractivity contribution in [3.8, 4) is 5.69 Å². The van der Waals surface area contributed by atoms with E-state index in [9.17, 15) is 0 Å². The van der Waals surface area contributed by atoms with E-state index in [4.69, 9.17) is 0 Å². The minimum absolute atomic E-state index is 1.12. The van der Waals surface area contributed by atoms with Crippen molar-refractivity contribution in [2.24, 2.45) is 7.05 Å². The second kappa shape index (κ2) is 9.62. The highest BCUT2D eigenvalue weighted by Gasteiger charge is 2.22.